The molecule has 2 radical (unpaired) electrons. The molecule has 0 atom stereocenters. The third-order valence-corrected chi connectivity index (χ3v) is 2.24. The standard InChI is InChI=1S/C10H8BFO/c11-8-3-1-2-7(9(8)12)10(13)6-4-5-6/h1-3,6H,4-5H2. The molecule has 0 saturated heterocycles. The zero-order valence-corrected chi connectivity index (χ0v) is 7.09. The van der Waals surface area contributed by atoms with E-state index in [0.29, 0.717) is 0 Å². The Labute approximate surface area is 77.4 Å². The average Bonchev–Trinajstić information content (AvgIpc) is 2.91. The van der Waals surface area contributed by atoms with Gasteiger partial charge in [-0.15, -0.1) is 0 Å². The predicted molar refractivity (Wildman–Crippen MR) is 48.8 cm³/mol. The quantitative estimate of drug-likeness (QED) is 0.486. The first-order valence-corrected chi connectivity index (χ1v) is 4.28. The van der Waals surface area contributed by atoms with Gasteiger partial charge in [-0.2, -0.15) is 0 Å². The molecule has 0 bridgehead atoms. The minimum atomic E-state index is -0.570. The lowest BCUT2D eigenvalue weighted by Crippen LogP contribution is -2.15. The van der Waals surface area contributed by atoms with Crippen molar-refractivity contribution in [2.45, 2.75) is 12.8 Å². The molecule has 13 heavy (non-hydrogen) atoms. The molecule has 3 heteroatoms. The summed E-state index contributed by atoms with van der Waals surface area (Å²) in [5.74, 6) is -0.638. The Hall–Kier alpha value is -1.12. The molecule has 0 unspecified atom stereocenters. The molecule has 2 rings (SSSR count). The van der Waals surface area contributed by atoms with Gasteiger partial charge in [0.05, 0.1) is 5.56 Å². The number of hydrogen-bond donors (Lipinski definition) is 0. The number of hydrogen-bond acceptors (Lipinski definition) is 1. The van der Waals surface area contributed by atoms with E-state index in [-0.39, 0.29) is 22.7 Å². The van der Waals surface area contributed by atoms with Crippen LogP contribution in [-0.4, -0.2) is 13.6 Å². The monoisotopic (exact) mass is 174 g/mol. The summed E-state index contributed by atoms with van der Waals surface area (Å²) in [4.78, 5) is 11.5. The molecule has 64 valence electrons. The van der Waals surface area contributed by atoms with Crippen molar-refractivity contribution in [3.63, 3.8) is 0 Å². The average molecular weight is 174 g/mol. The Morgan fingerprint density at radius 2 is 2.15 bits per heavy atom. The van der Waals surface area contributed by atoms with Crippen molar-refractivity contribution in [1.29, 1.82) is 0 Å². The molecule has 0 aromatic heterocycles. The van der Waals surface area contributed by atoms with E-state index in [1.165, 1.54) is 12.1 Å². The van der Waals surface area contributed by atoms with E-state index in [9.17, 15) is 9.18 Å². The molecule has 0 N–H and O–H groups in total. The van der Waals surface area contributed by atoms with Crippen molar-refractivity contribution in [3.05, 3.63) is 29.6 Å². The van der Waals surface area contributed by atoms with E-state index in [2.05, 4.69) is 0 Å². The maximum atomic E-state index is 13.3. The molecule has 1 fully saturated rings. The third kappa shape index (κ3) is 1.51. The number of ketones is 1. The van der Waals surface area contributed by atoms with Gasteiger partial charge < -0.3 is 0 Å². The Morgan fingerprint density at radius 1 is 1.46 bits per heavy atom. The van der Waals surface area contributed by atoms with E-state index in [1.807, 2.05) is 0 Å². The lowest BCUT2D eigenvalue weighted by atomic mass is 9.91. The van der Waals surface area contributed by atoms with Crippen LogP contribution in [-0.2, 0) is 0 Å². The minimum Gasteiger partial charge on any atom is -0.294 e. The zero-order chi connectivity index (χ0) is 9.42. The summed E-state index contributed by atoms with van der Waals surface area (Å²) in [6, 6.07) is 4.55. The van der Waals surface area contributed by atoms with E-state index >= 15 is 0 Å². The summed E-state index contributed by atoms with van der Waals surface area (Å²) in [6.07, 6.45) is 1.76. The van der Waals surface area contributed by atoms with Crippen LogP contribution < -0.4 is 5.46 Å². The normalized spacial score (nSPS) is 15.8. The Kier molecular flexibility index (Phi) is 1.95. The van der Waals surface area contributed by atoms with Crippen LogP contribution in [0.25, 0.3) is 0 Å². The van der Waals surface area contributed by atoms with Crippen LogP contribution in [0.1, 0.15) is 23.2 Å². The highest BCUT2D eigenvalue weighted by Crippen LogP contribution is 2.32. The number of Topliss-reactive ketones (excluding diaryl/α,β-unsaturated/α-hetero) is 1. The van der Waals surface area contributed by atoms with Gasteiger partial charge in [-0.1, -0.05) is 17.6 Å². The predicted octanol–water partition coefficient (Wildman–Crippen LogP) is 1.21. The van der Waals surface area contributed by atoms with Gasteiger partial charge in [0.1, 0.15) is 13.7 Å². The molecular weight excluding hydrogens is 166 g/mol. The second-order valence-corrected chi connectivity index (χ2v) is 3.35. The van der Waals surface area contributed by atoms with Crippen LogP contribution in [0, 0.1) is 11.7 Å². The van der Waals surface area contributed by atoms with Gasteiger partial charge >= 0.3 is 0 Å². The number of carbonyl (C=O) groups is 1. The summed E-state index contributed by atoms with van der Waals surface area (Å²) in [5, 5.41) is 0. The number of rotatable bonds is 2. The molecule has 1 aromatic rings. The second-order valence-electron chi connectivity index (χ2n) is 3.35. The highest BCUT2D eigenvalue weighted by molar-refractivity contribution is 6.33. The second kappa shape index (κ2) is 2.98. The molecule has 1 nitrogen and oxygen atoms in total. The van der Waals surface area contributed by atoms with Gasteiger partial charge in [0, 0.05) is 5.92 Å². The summed E-state index contributed by atoms with van der Waals surface area (Å²) in [6.45, 7) is 0. The lowest BCUT2D eigenvalue weighted by Gasteiger charge is -2.02. The van der Waals surface area contributed by atoms with E-state index in [1.54, 1.807) is 6.07 Å². The molecule has 1 aliphatic carbocycles. The summed E-state index contributed by atoms with van der Waals surface area (Å²) in [7, 11) is 5.35. The Morgan fingerprint density at radius 3 is 2.77 bits per heavy atom. The van der Waals surface area contributed by atoms with E-state index in [4.69, 9.17) is 7.85 Å². The van der Waals surface area contributed by atoms with Crippen LogP contribution in [0.2, 0.25) is 0 Å². The topological polar surface area (TPSA) is 17.1 Å². The molecule has 0 heterocycles. The van der Waals surface area contributed by atoms with Crippen LogP contribution in [0.5, 0.6) is 0 Å². The zero-order valence-electron chi connectivity index (χ0n) is 7.09. The smallest absolute Gasteiger partial charge is 0.168 e. The Balaban J connectivity index is 2.38. The maximum absolute atomic E-state index is 13.3. The summed E-state index contributed by atoms with van der Waals surface area (Å²) < 4.78 is 13.3. The highest BCUT2D eigenvalue weighted by atomic mass is 19.1. The Bertz CT molecular complexity index is 358. The molecular formula is C10H8BFO. The van der Waals surface area contributed by atoms with E-state index < -0.39 is 5.82 Å². The van der Waals surface area contributed by atoms with Crippen molar-refractivity contribution in [3.8, 4) is 0 Å². The minimum absolute atomic E-state index is 0.0382. The van der Waals surface area contributed by atoms with Gasteiger partial charge in [0.25, 0.3) is 0 Å². The fraction of sp³-hybridized carbons (Fsp3) is 0.300. The van der Waals surface area contributed by atoms with Crippen molar-refractivity contribution in [2.75, 3.05) is 0 Å². The SMILES string of the molecule is [B]c1cccc(C(=O)C2CC2)c1F. The molecule has 0 aliphatic heterocycles. The van der Waals surface area contributed by atoms with Crippen molar-refractivity contribution in [2.24, 2.45) is 5.92 Å². The number of benzene rings is 1. The summed E-state index contributed by atoms with van der Waals surface area (Å²) >= 11 is 0. The highest BCUT2D eigenvalue weighted by Gasteiger charge is 2.31. The summed E-state index contributed by atoms with van der Waals surface area (Å²) in [5.41, 5.74) is 0.189. The van der Waals surface area contributed by atoms with Crippen LogP contribution in [0.4, 0.5) is 4.39 Å². The fourth-order valence-electron chi connectivity index (χ4n) is 1.31. The molecule has 0 spiro atoms. The fourth-order valence-corrected chi connectivity index (χ4v) is 1.31. The van der Waals surface area contributed by atoms with Crippen LogP contribution >= 0.6 is 0 Å². The first kappa shape index (κ1) is 8.48. The third-order valence-electron chi connectivity index (χ3n) is 2.24. The van der Waals surface area contributed by atoms with Gasteiger partial charge in [-0.25, -0.2) is 4.39 Å². The maximum Gasteiger partial charge on any atom is 0.168 e. The first-order chi connectivity index (χ1) is 6.20. The number of carbonyl (C=O) groups excluding carboxylic acids is 1. The van der Waals surface area contributed by atoms with E-state index in [0.717, 1.165) is 12.8 Å². The first-order valence-electron chi connectivity index (χ1n) is 4.28. The van der Waals surface area contributed by atoms with Gasteiger partial charge in [-0.05, 0) is 18.9 Å². The van der Waals surface area contributed by atoms with Gasteiger partial charge in [0.15, 0.2) is 5.78 Å². The molecule has 1 aliphatic rings. The van der Waals surface area contributed by atoms with Gasteiger partial charge in [-0.3, -0.25) is 4.79 Å². The molecule has 0 amide bonds. The molecule has 1 aromatic carbocycles. The van der Waals surface area contributed by atoms with Crippen molar-refractivity contribution >= 4 is 19.1 Å². The van der Waals surface area contributed by atoms with Crippen molar-refractivity contribution < 1.29 is 9.18 Å². The van der Waals surface area contributed by atoms with Crippen molar-refractivity contribution in [1.82, 2.24) is 0 Å². The lowest BCUT2D eigenvalue weighted by molar-refractivity contribution is 0.0964. The van der Waals surface area contributed by atoms with Crippen LogP contribution in [0.3, 0.4) is 0 Å². The largest absolute Gasteiger partial charge is 0.294 e. The van der Waals surface area contributed by atoms with Gasteiger partial charge in [0.2, 0.25) is 0 Å². The van der Waals surface area contributed by atoms with Crippen LogP contribution in [0.15, 0.2) is 18.2 Å². The molecule has 1 saturated carbocycles. The number of halogens is 1.